The van der Waals surface area contributed by atoms with E-state index < -0.39 is 12.2 Å². The predicted octanol–water partition coefficient (Wildman–Crippen LogP) is 1.90. The third-order valence-corrected chi connectivity index (χ3v) is 3.88. The van der Waals surface area contributed by atoms with E-state index in [-0.39, 0.29) is 11.7 Å². The van der Waals surface area contributed by atoms with Gasteiger partial charge in [-0.15, -0.1) is 0 Å². The lowest BCUT2D eigenvalue weighted by Crippen LogP contribution is -2.19. The van der Waals surface area contributed by atoms with Gasteiger partial charge in [-0.05, 0) is 29.7 Å². The topological polar surface area (TPSA) is 77.8 Å². The number of hydrogen-bond acceptors (Lipinski definition) is 5. The molecule has 106 valence electrons. The third kappa shape index (κ3) is 5.12. The minimum absolute atomic E-state index is 0.0178. The molecule has 2 unspecified atom stereocenters. The minimum Gasteiger partial charge on any atom is -0.392 e. The van der Waals surface area contributed by atoms with Crippen LogP contribution in [0.5, 0.6) is 0 Å². The molecule has 0 bridgehead atoms. The van der Waals surface area contributed by atoms with Crippen LogP contribution in [0.1, 0.15) is 30.6 Å². The van der Waals surface area contributed by atoms with E-state index in [0.29, 0.717) is 28.3 Å². The van der Waals surface area contributed by atoms with E-state index in [1.807, 2.05) is 0 Å². The second kappa shape index (κ2) is 7.87. The molecule has 4 nitrogen and oxygen atoms in total. The second-order valence-corrected chi connectivity index (χ2v) is 5.83. The summed E-state index contributed by atoms with van der Waals surface area (Å²) in [5, 5.41) is 29.3. The summed E-state index contributed by atoms with van der Waals surface area (Å²) in [5.41, 5.74) is 0.998. The van der Waals surface area contributed by atoms with Crippen LogP contribution in [0.15, 0.2) is 18.2 Å². The monoisotopic (exact) mass is 304 g/mol. The summed E-state index contributed by atoms with van der Waals surface area (Å²) in [7, 11) is 0. The van der Waals surface area contributed by atoms with E-state index in [2.05, 4.69) is 0 Å². The number of carbonyl (C=O) groups excluding carboxylic acids is 1. The van der Waals surface area contributed by atoms with Crippen LogP contribution < -0.4 is 0 Å². The minimum atomic E-state index is -1.06. The lowest BCUT2D eigenvalue weighted by Gasteiger charge is -2.18. The molecule has 19 heavy (non-hydrogen) atoms. The molecule has 1 aromatic rings. The maximum absolute atomic E-state index is 10.8. The predicted molar refractivity (Wildman–Crippen MR) is 76.1 cm³/mol. The van der Waals surface area contributed by atoms with Crippen molar-refractivity contribution in [2.45, 2.75) is 32.2 Å². The lowest BCUT2D eigenvalue weighted by atomic mass is 10.0. The van der Waals surface area contributed by atoms with Gasteiger partial charge in [0.2, 0.25) is 0 Å². The van der Waals surface area contributed by atoms with Crippen LogP contribution >= 0.6 is 23.4 Å². The van der Waals surface area contributed by atoms with Crippen molar-refractivity contribution in [2.24, 2.45) is 0 Å². The standard InChI is InChI=1S/C13H17ClO4S/c1-8(16)19-5-4-12(17)13(18)9-2-3-11(14)10(6-9)7-15/h2-3,6,12-13,15,17-18H,4-5,7H2,1H3. The van der Waals surface area contributed by atoms with Gasteiger partial charge in [0.05, 0.1) is 12.7 Å². The molecule has 0 heterocycles. The summed E-state index contributed by atoms with van der Waals surface area (Å²) in [4.78, 5) is 10.8. The molecule has 0 radical (unpaired) electrons. The summed E-state index contributed by atoms with van der Waals surface area (Å²) in [6.45, 7) is 1.23. The molecule has 0 amide bonds. The van der Waals surface area contributed by atoms with E-state index >= 15 is 0 Å². The van der Waals surface area contributed by atoms with Crippen LogP contribution in [0, 0.1) is 0 Å². The molecule has 0 fully saturated rings. The number of aliphatic hydroxyl groups is 3. The zero-order valence-corrected chi connectivity index (χ0v) is 12.1. The summed E-state index contributed by atoms with van der Waals surface area (Å²) in [6.07, 6.45) is -1.71. The Bertz CT molecular complexity index is 439. The summed E-state index contributed by atoms with van der Waals surface area (Å²) < 4.78 is 0. The first-order valence-corrected chi connectivity index (χ1v) is 7.20. The molecule has 0 aliphatic rings. The molecular weight excluding hydrogens is 288 g/mol. The molecular formula is C13H17ClO4S. The van der Waals surface area contributed by atoms with Crippen molar-refractivity contribution < 1.29 is 20.1 Å². The highest BCUT2D eigenvalue weighted by Crippen LogP contribution is 2.25. The van der Waals surface area contributed by atoms with Crippen LogP contribution in [0.2, 0.25) is 5.02 Å². The van der Waals surface area contributed by atoms with E-state index in [1.165, 1.54) is 6.92 Å². The van der Waals surface area contributed by atoms with Gasteiger partial charge in [-0.2, -0.15) is 0 Å². The summed E-state index contributed by atoms with van der Waals surface area (Å²) >= 11 is 6.97. The Morgan fingerprint density at radius 1 is 1.42 bits per heavy atom. The van der Waals surface area contributed by atoms with Gasteiger partial charge in [0.15, 0.2) is 5.12 Å². The van der Waals surface area contributed by atoms with Crippen molar-refractivity contribution in [3.8, 4) is 0 Å². The molecule has 2 atom stereocenters. The largest absolute Gasteiger partial charge is 0.392 e. The maximum Gasteiger partial charge on any atom is 0.185 e. The second-order valence-electron chi connectivity index (χ2n) is 4.15. The average Bonchev–Trinajstić information content (AvgIpc) is 2.38. The van der Waals surface area contributed by atoms with Crippen LogP contribution in [-0.4, -0.2) is 32.3 Å². The number of hydrogen-bond donors (Lipinski definition) is 3. The fourth-order valence-corrected chi connectivity index (χ4v) is 2.43. The van der Waals surface area contributed by atoms with E-state index in [1.54, 1.807) is 18.2 Å². The van der Waals surface area contributed by atoms with Gasteiger partial charge in [-0.25, -0.2) is 0 Å². The van der Waals surface area contributed by atoms with Crippen molar-refractivity contribution in [1.82, 2.24) is 0 Å². The summed E-state index contributed by atoms with van der Waals surface area (Å²) in [6, 6.07) is 4.74. The normalized spacial score (nSPS) is 14.2. The lowest BCUT2D eigenvalue weighted by molar-refractivity contribution is -0.109. The number of carbonyl (C=O) groups is 1. The Kier molecular flexibility index (Phi) is 6.82. The van der Waals surface area contributed by atoms with Gasteiger partial charge in [0.1, 0.15) is 6.10 Å². The number of thioether (sulfide) groups is 1. The van der Waals surface area contributed by atoms with E-state index in [9.17, 15) is 15.0 Å². The highest BCUT2D eigenvalue weighted by molar-refractivity contribution is 8.13. The first-order chi connectivity index (χ1) is 8.95. The van der Waals surface area contributed by atoms with Gasteiger partial charge in [0, 0.05) is 17.7 Å². The number of aliphatic hydroxyl groups excluding tert-OH is 3. The number of rotatable bonds is 6. The van der Waals surface area contributed by atoms with Crippen molar-refractivity contribution in [3.63, 3.8) is 0 Å². The number of benzene rings is 1. The zero-order chi connectivity index (χ0) is 14.4. The van der Waals surface area contributed by atoms with E-state index in [4.69, 9.17) is 16.7 Å². The van der Waals surface area contributed by atoms with Crippen LogP contribution in [0.4, 0.5) is 0 Å². The van der Waals surface area contributed by atoms with Gasteiger partial charge >= 0.3 is 0 Å². The van der Waals surface area contributed by atoms with Crippen molar-refractivity contribution >= 4 is 28.5 Å². The Morgan fingerprint density at radius 2 is 2.11 bits per heavy atom. The third-order valence-electron chi connectivity index (χ3n) is 2.67. The molecule has 0 aromatic heterocycles. The Hall–Kier alpha value is -0.590. The van der Waals surface area contributed by atoms with Crippen LogP contribution in [0.25, 0.3) is 0 Å². The summed E-state index contributed by atoms with van der Waals surface area (Å²) in [5.74, 6) is 0.452. The van der Waals surface area contributed by atoms with Gasteiger partial charge in [-0.3, -0.25) is 4.79 Å². The smallest absolute Gasteiger partial charge is 0.185 e. The maximum atomic E-state index is 10.8. The molecule has 0 spiro atoms. The first kappa shape index (κ1) is 16.5. The van der Waals surface area contributed by atoms with Crippen LogP contribution in [-0.2, 0) is 11.4 Å². The quantitative estimate of drug-likeness (QED) is 0.748. The molecule has 0 saturated carbocycles. The fraction of sp³-hybridized carbons (Fsp3) is 0.462. The highest BCUT2D eigenvalue weighted by Gasteiger charge is 2.19. The molecule has 1 rings (SSSR count). The SMILES string of the molecule is CC(=O)SCCC(O)C(O)c1ccc(Cl)c(CO)c1. The molecule has 0 aliphatic carbocycles. The molecule has 3 N–H and O–H groups in total. The van der Waals surface area contributed by atoms with E-state index in [0.717, 1.165) is 11.8 Å². The molecule has 1 aromatic carbocycles. The average molecular weight is 305 g/mol. The Balaban J connectivity index is 2.65. The van der Waals surface area contributed by atoms with Crippen LogP contribution in [0.3, 0.4) is 0 Å². The first-order valence-electron chi connectivity index (χ1n) is 5.84. The molecule has 0 aliphatic heterocycles. The van der Waals surface area contributed by atoms with Gasteiger partial charge in [0.25, 0.3) is 0 Å². The van der Waals surface area contributed by atoms with Crippen molar-refractivity contribution in [1.29, 1.82) is 0 Å². The van der Waals surface area contributed by atoms with Crippen molar-refractivity contribution in [3.05, 3.63) is 34.3 Å². The van der Waals surface area contributed by atoms with Gasteiger partial charge in [-0.1, -0.05) is 29.4 Å². The fourth-order valence-electron chi connectivity index (χ4n) is 1.60. The molecule has 6 heteroatoms. The Labute approximate surface area is 121 Å². The number of halogens is 1. The zero-order valence-electron chi connectivity index (χ0n) is 10.5. The Morgan fingerprint density at radius 3 is 2.68 bits per heavy atom. The highest BCUT2D eigenvalue weighted by atomic mass is 35.5. The van der Waals surface area contributed by atoms with Crippen molar-refractivity contribution in [2.75, 3.05) is 5.75 Å². The molecule has 0 saturated heterocycles. The van der Waals surface area contributed by atoms with Gasteiger partial charge < -0.3 is 15.3 Å².